The lowest BCUT2D eigenvalue weighted by molar-refractivity contribution is -0.135. The van der Waals surface area contributed by atoms with Crippen LogP contribution in [0.4, 0.5) is 0 Å². The molecule has 0 saturated carbocycles. The van der Waals surface area contributed by atoms with E-state index in [1.54, 1.807) is 48.5 Å². The fourth-order valence-corrected chi connectivity index (χ4v) is 3.06. The van der Waals surface area contributed by atoms with E-state index in [9.17, 15) is 14.7 Å². The molecule has 0 atom stereocenters. The minimum Gasteiger partial charge on any atom is -0.478 e. The van der Waals surface area contributed by atoms with Crippen LogP contribution in [-0.2, 0) is 22.4 Å². The Hall–Kier alpha value is -2.30. The number of benzene rings is 2. The summed E-state index contributed by atoms with van der Waals surface area (Å²) in [5.74, 6) is -3.17. The summed E-state index contributed by atoms with van der Waals surface area (Å²) in [5, 5.41) is 19.5. The molecular weight excluding hydrogens is 363 g/mol. The third kappa shape index (κ3) is 5.34. The zero-order valence-corrected chi connectivity index (χ0v) is 14.7. The van der Waals surface area contributed by atoms with Gasteiger partial charge < -0.3 is 10.2 Å². The van der Waals surface area contributed by atoms with Gasteiger partial charge in [-0.05, 0) is 42.0 Å². The van der Waals surface area contributed by atoms with Crippen molar-refractivity contribution in [1.29, 1.82) is 0 Å². The van der Waals surface area contributed by atoms with Crippen molar-refractivity contribution in [1.82, 2.24) is 0 Å². The number of carbonyl (C=O) groups is 2. The van der Waals surface area contributed by atoms with Crippen molar-refractivity contribution < 1.29 is 19.8 Å². The molecular formula is C19H16Cl2O4. The molecule has 0 saturated heterocycles. The number of rotatable bonds is 7. The molecule has 0 aliphatic rings. The highest BCUT2D eigenvalue weighted by Gasteiger charge is 2.24. The van der Waals surface area contributed by atoms with Gasteiger partial charge in [0.15, 0.2) is 0 Å². The van der Waals surface area contributed by atoms with Crippen LogP contribution in [0, 0.1) is 5.92 Å². The maximum atomic E-state index is 11.6. The molecule has 0 aliphatic carbocycles. The van der Waals surface area contributed by atoms with E-state index in [0.717, 1.165) is 17.2 Å². The molecule has 0 amide bonds. The molecule has 25 heavy (non-hydrogen) atoms. The van der Waals surface area contributed by atoms with Crippen molar-refractivity contribution in [2.45, 2.75) is 12.8 Å². The highest BCUT2D eigenvalue weighted by atomic mass is 35.5. The van der Waals surface area contributed by atoms with Crippen LogP contribution in [-0.4, -0.2) is 22.2 Å². The summed E-state index contributed by atoms with van der Waals surface area (Å²) in [6.45, 7) is 0. The predicted octanol–water partition coefficient (Wildman–Crippen LogP) is 4.49. The summed E-state index contributed by atoms with van der Waals surface area (Å²) in [6, 6.07) is 14.2. The van der Waals surface area contributed by atoms with Crippen LogP contribution in [0.3, 0.4) is 0 Å². The van der Waals surface area contributed by atoms with Gasteiger partial charge in [-0.3, -0.25) is 0 Å². The van der Waals surface area contributed by atoms with E-state index in [1.807, 2.05) is 0 Å². The Balaban J connectivity index is 2.43. The monoisotopic (exact) mass is 378 g/mol. The van der Waals surface area contributed by atoms with Gasteiger partial charge in [0.2, 0.25) is 0 Å². The molecule has 6 heteroatoms. The molecule has 0 bridgehead atoms. The third-order valence-electron chi connectivity index (χ3n) is 3.81. The van der Waals surface area contributed by atoms with Gasteiger partial charge >= 0.3 is 11.9 Å². The van der Waals surface area contributed by atoms with Crippen molar-refractivity contribution in [2.24, 2.45) is 5.92 Å². The van der Waals surface area contributed by atoms with Crippen molar-refractivity contribution in [3.05, 3.63) is 81.4 Å². The minimum absolute atomic E-state index is 0.188. The Bertz CT molecular complexity index is 767. The third-order valence-corrected chi connectivity index (χ3v) is 4.55. The molecule has 2 aromatic rings. The molecule has 0 unspecified atom stereocenters. The summed E-state index contributed by atoms with van der Waals surface area (Å²) in [6.07, 6.45) is 1.31. The lowest BCUT2D eigenvalue weighted by Crippen LogP contribution is -2.19. The highest BCUT2D eigenvalue weighted by molar-refractivity contribution is 6.31. The van der Waals surface area contributed by atoms with Crippen molar-refractivity contribution in [2.75, 3.05) is 0 Å². The molecule has 2 aromatic carbocycles. The summed E-state index contributed by atoms with van der Waals surface area (Å²) in [5.41, 5.74) is 1.31. The average molecular weight is 379 g/mol. The van der Waals surface area contributed by atoms with Crippen LogP contribution in [0.25, 0.3) is 0 Å². The molecule has 2 rings (SSSR count). The Kier molecular flexibility index (Phi) is 6.62. The molecule has 0 aliphatic heterocycles. The molecule has 0 spiro atoms. The molecule has 4 nitrogen and oxygen atoms in total. The number of carboxylic acid groups (broad SMARTS) is 2. The van der Waals surface area contributed by atoms with Gasteiger partial charge in [0, 0.05) is 21.7 Å². The molecule has 2 N–H and O–H groups in total. The number of carboxylic acids is 2. The minimum atomic E-state index is -1.30. The number of halogens is 2. The average Bonchev–Trinajstić information content (AvgIpc) is 2.55. The van der Waals surface area contributed by atoms with Crippen LogP contribution in [0.1, 0.15) is 11.1 Å². The topological polar surface area (TPSA) is 74.6 Å². The van der Waals surface area contributed by atoms with E-state index in [0.29, 0.717) is 10.0 Å². The predicted molar refractivity (Wildman–Crippen MR) is 97.2 cm³/mol. The molecule has 0 fully saturated rings. The zero-order valence-electron chi connectivity index (χ0n) is 13.2. The summed E-state index contributed by atoms with van der Waals surface area (Å²) in [4.78, 5) is 22.7. The van der Waals surface area contributed by atoms with E-state index in [-0.39, 0.29) is 18.4 Å². The van der Waals surface area contributed by atoms with Gasteiger partial charge in [-0.25, -0.2) is 9.59 Å². The second-order valence-electron chi connectivity index (χ2n) is 5.53. The number of hydrogen-bond donors (Lipinski definition) is 2. The fourth-order valence-electron chi connectivity index (χ4n) is 2.64. The maximum absolute atomic E-state index is 11.6. The van der Waals surface area contributed by atoms with Gasteiger partial charge in [0.25, 0.3) is 0 Å². The molecule has 130 valence electrons. The van der Waals surface area contributed by atoms with Crippen LogP contribution in [0.15, 0.2) is 60.2 Å². The van der Waals surface area contributed by atoms with Gasteiger partial charge in [-0.2, -0.15) is 0 Å². The first-order chi connectivity index (χ1) is 11.9. The SMILES string of the molecule is O=C(O)/C=C(\C(=O)O)C(Cc1ccccc1Cl)Cc1ccccc1Cl. The lowest BCUT2D eigenvalue weighted by Gasteiger charge is -2.19. The zero-order chi connectivity index (χ0) is 18.4. The van der Waals surface area contributed by atoms with E-state index >= 15 is 0 Å². The van der Waals surface area contributed by atoms with Crippen LogP contribution >= 0.6 is 23.2 Å². The standard InChI is InChI=1S/C19H16Cl2O4/c20-16-7-3-1-5-12(16)9-14(15(19(24)25)11-18(22)23)10-13-6-2-4-8-17(13)21/h1-8,11,14H,9-10H2,(H,22,23)(H,24,25)/b15-11-. The number of aliphatic carboxylic acids is 2. The first kappa shape index (κ1) is 19.0. The second kappa shape index (κ2) is 8.70. The van der Waals surface area contributed by atoms with Gasteiger partial charge in [-0.1, -0.05) is 59.6 Å². The molecule has 0 heterocycles. The van der Waals surface area contributed by atoms with Crippen molar-refractivity contribution in [3.8, 4) is 0 Å². The van der Waals surface area contributed by atoms with Crippen molar-refractivity contribution >= 4 is 35.1 Å². The summed E-state index contributed by atoms with van der Waals surface area (Å²) < 4.78 is 0. The van der Waals surface area contributed by atoms with Gasteiger partial charge in [0.05, 0.1) is 0 Å². The molecule has 0 aromatic heterocycles. The van der Waals surface area contributed by atoms with Crippen LogP contribution in [0.5, 0.6) is 0 Å². The normalized spacial score (nSPS) is 11.6. The lowest BCUT2D eigenvalue weighted by atomic mass is 9.86. The summed E-state index contributed by atoms with van der Waals surface area (Å²) in [7, 11) is 0. The van der Waals surface area contributed by atoms with Crippen LogP contribution in [0.2, 0.25) is 10.0 Å². The Morgan fingerprint density at radius 2 is 1.32 bits per heavy atom. The number of hydrogen-bond acceptors (Lipinski definition) is 2. The van der Waals surface area contributed by atoms with Gasteiger partial charge in [0.1, 0.15) is 0 Å². The van der Waals surface area contributed by atoms with E-state index in [2.05, 4.69) is 0 Å². The quantitative estimate of drug-likeness (QED) is 0.695. The first-order valence-corrected chi connectivity index (χ1v) is 8.28. The Morgan fingerprint density at radius 3 is 1.68 bits per heavy atom. The van der Waals surface area contributed by atoms with E-state index in [4.69, 9.17) is 28.3 Å². The van der Waals surface area contributed by atoms with Crippen molar-refractivity contribution in [3.63, 3.8) is 0 Å². The smallest absolute Gasteiger partial charge is 0.332 e. The largest absolute Gasteiger partial charge is 0.478 e. The van der Waals surface area contributed by atoms with E-state index in [1.165, 1.54) is 0 Å². The second-order valence-corrected chi connectivity index (χ2v) is 6.35. The Morgan fingerprint density at radius 1 is 0.880 bits per heavy atom. The Labute approximate surface area is 155 Å². The van der Waals surface area contributed by atoms with Crippen LogP contribution < -0.4 is 0 Å². The highest BCUT2D eigenvalue weighted by Crippen LogP contribution is 2.28. The van der Waals surface area contributed by atoms with Gasteiger partial charge in [-0.15, -0.1) is 0 Å². The first-order valence-electron chi connectivity index (χ1n) is 7.53. The van der Waals surface area contributed by atoms with E-state index < -0.39 is 17.9 Å². The fraction of sp³-hybridized carbons (Fsp3) is 0.158. The maximum Gasteiger partial charge on any atom is 0.332 e. The summed E-state index contributed by atoms with van der Waals surface area (Å²) >= 11 is 12.4. The molecule has 0 radical (unpaired) electrons.